The van der Waals surface area contributed by atoms with Crippen LogP contribution in [0.3, 0.4) is 0 Å². The van der Waals surface area contributed by atoms with Crippen molar-refractivity contribution < 1.29 is 24.5 Å². The quantitative estimate of drug-likeness (QED) is 0.672. The maximum Gasteiger partial charge on any atom is 0.335 e. The molecule has 146 valence electrons. The number of rotatable bonds is 7. The molecule has 0 saturated heterocycles. The second-order valence-electron chi connectivity index (χ2n) is 8.49. The van der Waals surface area contributed by atoms with E-state index in [1.807, 2.05) is 44.2 Å². The van der Waals surface area contributed by atoms with Crippen molar-refractivity contribution in [3.8, 4) is 5.75 Å². The van der Waals surface area contributed by atoms with E-state index in [2.05, 4.69) is 0 Å². The Hall–Kier alpha value is -2.40. The number of phenols is 1. The lowest BCUT2D eigenvalue weighted by Gasteiger charge is -2.39. The molecular formula is C22H27FO4. The summed E-state index contributed by atoms with van der Waals surface area (Å²) in [6.45, 7) is 7.13. The van der Waals surface area contributed by atoms with Gasteiger partial charge in [-0.25, -0.2) is 9.18 Å². The molecule has 2 aromatic carbocycles. The second kappa shape index (κ2) is 7.31. The molecule has 1 unspecified atom stereocenters. The Bertz CT molecular complexity index is 814. The van der Waals surface area contributed by atoms with Crippen molar-refractivity contribution in [1.82, 2.24) is 0 Å². The topological polar surface area (TPSA) is 77.8 Å². The highest BCUT2D eigenvalue weighted by Crippen LogP contribution is 2.42. The summed E-state index contributed by atoms with van der Waals surface area (Å²) in [7, 11) is 0. The highest BCUT2D eigenvalue weighted by atomic mass is 19.1. The lowest BCUT2D eigenvalue weighted by molar-refractivity contribution is -0.163. The Balaban J connectivity index is 2.38. The predicted molar refractivity (Wildman–Crippen MR) is 102 cm³/mol. The third kappa shape index (κ3) is 4.66. The molecule has 0 bridgehead atoms. The summed E-state index contributed by atoms with van der Waals surface area (Å²) in [6, 6.07) is 12.9. The van der Waals surface area contributed by atoms with Crippen LogP contribution in [0.1, 0.15) is 51.7 Å². The number of benzene rings is 2. The van der Waals surface area contributed by atoms with Crippen molar-refractivity contribution in [2.75, 3.05) is 0 Å². The number of carbonyl (C=O) groups is 1. The van der Waals surface area contributed by atoms with Crippen LogP contribution in [0.15, 0.2) is 48.5 Å². The van der Waals surface area contributed by atoms with Crippen LogP contribution in [0.25, 0.3) is 0 Å². The summed E-state index contributed by atoms with van der Waals surface area (Å²) in [6.07, 6.45) is -0.207. The SMILES string of the molecule is CC(C)(CC(O)(CC(C)(C)c1cc(F)ccc1O)C(=O)O)c1ccccc1. The minimum atomic E-state index is -2.05. The molecule has 0 aromatic heterocycles. The van der Waals surface area contributed by atoms with Gasteiger partial charge in [0.25, 0.3) is 0 Å². The molecule has 0 spiro atoms. The number of aliphatic carboxylic acids is 1. The average molecular weight is 374 g/mol. The molecule has 5 heteroatoms. The van der Waals surface area contributed by atoms with Gasteiger partial charge in [0, 0.05) is 5.56 Å². The molecule has 0 fully saturated rings. The van der Waals surface area contributed by atoms with E-state index in [4.69, 9.17) is 0 Å². The first-order valence-electron chi connectivity index (χ1n) is 8.88. The normalized spacial score (nSPS) is 14.6. The van der Waals surface area contributed by atoms with E-state index in [0.717, 1.165) is 11.6 Å². The maximum absolute atomic E-state index is 13.7. The van der Waals surface area contributed by atoms with Crippen molar-refractivity contribution in [2.45, 2.75) is 57.0 Å². The molecule has 0 aliphatic rings. The number of phenolic OH excluding ortho intramolecular Hbond substituents is 1. The monoisotopic (exact) mass is 374 g/mol. The Morgan fingerprint density at radius 1 is 0.963 bits per heavy atom. The van der Waals surface area contributed by atoms with E-state index in [1.54, 1.807) is 13.8 Å². The Morgan fingerprint density at radius 3 is 2.07 bits per heavy atom. The van der Waals surface area contributed by atoms with Gasteiger partial charge in [0.15, 0.2) is 5.60 Å². The molecule has 1 atom stereocenters. The highest BCUT2D eigenvalue weighted by molar-refractivity contribution is 5.77. The second-order valence-corrected chi connectivity index (χ2v) is 8.49. The number of hydrogen-bond acceptors (Lipinski definition) is 3. The number of aliphatic hydroxyl groups is 1. The van der Waals surface area contributed by atoms with Gasteiger partial charge in [-0.1, -0.05) is 58.0 Å². The van der Waals surface area contributed by atoms with E-state index < -0.39 is 28.2 Å². The number of hydrogen-bond donors (Lipinski definition) is 3. The van der Waals surface area contributed by atoms with Gasteiger partial charge >= 0.3 is 5.97 Å². The number of aromatic hydroxyl groups is 1. The molecule has 0 saturated carbocycles. The molecule has 0 amide bonds. The standard InChI is InChI=1S/C22H27FO4/c1-20(2,15-8-6-5-7-9-15)13-22(27,19(25)26)14-21(3,4)17-12-16(23)10-11-18(17)24/h5-12,24,27H,13-14H2,1-4H3,(H,25,26). The fourth-order valence-electron chi connectivity index (χ4n) is 3.81. The molecule has 2 aromatic rings. The fourth-order valence-corrected chi connectivity index (χ4v) is 3.81. The minimum Gasteiger partial charge on any atom is -0.508 e. The van der Waals surface area contributed by atoms with Crippen LogP contribution in [-0.2, 0) is 15.6 Å². The van der Waals surface area contributed by atoms with E-state index >= 15 is 0 Å². The minimum absolute atomic E-state index is 0.0289. The first-order chi connectivity index (χ1) is 12.4. The van der Waals surface area contributed by atoms with E-state index in [9.17, 15) is 24.5 Å². The van der Waals surface area contributed by atoms with Gasteiger partial charge in [-0.15, -0.1) is 0 Å². The number of halogens is 1. The van der Waals surface area contributed by atoms with Crippen molar-refractivity contribution >= 4 is 5.97 Å². The Kier molecular flexibility index (Phi) is 5.66. The van der Waals surface area contributed by atoms with Gasteiger partial charge in [0.1, 0.15) is 11.6 Å². The molecule has 27 heavy (non-hydrogen) atoms. The molecule has 3 N–H and O–H groups in total. The van der Waals surface area contributed by atoms with Crippen molar-refractivity contribution in [3.05, 3.63) is 65.5 Å². The molecule has 0 aliphatic carbocycles. The lowest BCUT2D eigenvalue weighted by Crippen LogP contribution is -2.47. The highest BCUT2D eigenvalue weighted by Gasteiger charge is 2.46. The van der Waals surface area contributed by atoms with Crippen LogP contribution < -0.4 is 0 Å². The third-order valence-corrected chi connectivity index (χ3v) is 5.11. The largest absolute Gasteiger partial charge is 0.508 e. The Morgan fingerprint density at radius 2 is 1.52 bits per heavy atom. The fraction of sp³-hybridized carbons (Fsp3) is 0.409. The summed E-state index contributed by atoms with van der Waals surface area (Å²) >= 11 is 0. The van der Waals surface area contributed by atoms with Crippen molar-refractivity contribution in [3.63, 3.8) is 0 Å². The van der Waals surface area contributed by atoms with Crippen LogP contribution in [0.2, 0.25) is 0 Å². The van der Waals surface area contributed by atoms with Crippen molar-refractivity contribution in [1.29, 1.82) is 0 Å². The van der Waals surface area contributed by atoms with Crippen LogP contribution in [0, 0.1) is 5.82 Å². The van der Waals surface area contributed by atoms with Gasteiger partial charge in [-0.3, -0.25) is 0 Å². The van der Waals surface area contributed by atoms with Gasteiger partial charge in [-0.2, -0.15) is 0 Å². The van der Waals surface area contributed by atoms with Gasteiger partial charge in [-0.05, 0) is 47.4 Å². The average Bonchev–Trinajstić information content (AvgIpc) is 2.56. The van der Waals surface area contributed by atoms with Crippen LogP contribution in [0.5, 0.6) is 5.75 Å². The smallest absolute Gasteiger partial charge is 0.335 e. The van der Waals surface area contributed by atoms with Gasteiger partial charge < -0.3 is 15.3 Å². The molecule has 4 nitrogen and oxygen atoms in total. The zero-order valence-corrected chi connectivity index (χ0v) is 16.2. The molecule has 2 rings (SSSR count). The third-order valence-electron chi connectivity index (χ3n) is 5.11. The lowest BCUT2D eigenvalue weighted by atomic mass is 9.68. The molecular weight excluding hydrogens is 347 g/mol. The first kappa shape index (κ1) is 20.9. The summed E-state index contributed by atoms with van der Waals surface area (Å²) in [5.41, 5.74) is -2.45. The number of carboxylic acids is 1. The predicted octanol–water partition coefficient (Wildman–Crippen LogP) is 4.38. The first-order valence-corrected chi connectivity index (χ1v) is 8.88. The van der Waals surface area contributed by atoms with E-state index in [1.165, 1.54) is 12.1 Å². The molecule has 0 aliphatic heterocycles. The summed E-state index contributed by atoms with van der Waals surface area (Å²) in [5.74, 6) is -1.99. The molecule has 0 heterocycles. The van der Waals surface area contributed by atoms with Crippen LogP contribution in [0.4, 0.5) is 4.39 Å². The van der Waals surface area contributed by atoms with E-state index in [-0.39, 0.29) is 24.2 Å². The van der Waals surface area contributed by atoms with Gasteiger partial charge in [0.2, 0.25) is 0 Å². The molecule has 0 radical (unpaired) electrons. The van der Waals surface area contributed by atoms with Gasteiger partial charge in [0.05, 0.1) is 0 Å². The summed E-state index contributed by atoms with van der Waals surface area (Å²) in [5, 5.41) is 31.0. The zero-order valence-electron chi connectivity index (χ0n) is 16.2. The van der Waals surface area contributed by atoms with Crippen LogP contribution >= 0.6 is 0 Å². The van der Waals surface area contributed by atoms with Crippen LogP contribution in [-0.4, -0.2) is 26.9 Å². The Labute approximate surface area is 159 Å². The summed E-state index contributed by atoms with van der Waals surface area (Å²) < 4.78 is 13.7. The van der Waals surface area contributed by atoms with Crippen molar-refractivity contribution in [2.24, 2.45) is 0 Å². The summed E-state index contributed by atoms with van der Waals surface area (Å²) in [4.78, 5) is 12.0. The maximum atomic E-state index is 13.7. The number of carboxylic acid groups (broad SMARTS) is 1. The van der Waals surface area contributed by atoms with E-state index in [0.29, 0.717) is 0 Å². The zero-order chi connectivity index (χ0) is 20.5.